The highest BCUT2D eigenvalue weighted by Crippen LogP contribution is 2.49. The maximum atomic E-state index is 9.38. The minimum atomic E-state index is 0.323. The van der Waals surface area contributed by atoms with Gasteiger partial charge in [0.25, 0.3) is 0 Å². The molecule has 4 rings (SSSR count). The van der Waals surface area contributed by atoms with Gasteiger partial charge in [-0.2, -0.15) is 0 Å². The summed E-state index contributed by atoms with van der Waals surface area (Å²) in [6.07, 6.45) is 12.9. The molecule has 1 aromatic carbocycles. The number of phenolic OH excluding ortho intramolecular Hbond substituents is 1. The molecule has 3 aliphatic carbocycles. The van der Waals surface area contributed by atoms with E-state index < -0.39 is 0 Å². The van der Waals surface area contributed by atoms with E-state index in [2.05, 4.69) is 0 Å². The number of nitrogens with zero attached hydrogens (tertiary/aromatic N) is 1. The van der Waals surface area contributed by atoms with Crippen molar-refractivity contribution in [1.82, 2.24) is 0 Å². The Hall–Kier alpha value is -1.57. The number of phenols is 1. The molecule has 0 unspecified atom stereocenters. The zero-order chi connectivity index (χ0) is 14.9. The predicted molar refractivity (Wildman–Crippen MR) is 90.4 cm³/mol. The topological polar surface area (TPSA) is 32.6 Å². The highest BCUT2D eigenvalue weighted by atomic mass is 16.3. The molecule has 3 atom stereocenters. The second-order valence-corrected chi connectivity index (χ2v) is 7.20. The molecule has 0 saturated heterocycles. The summed E-state index contributed by atoms with van der Waals surface area (Å²) in [6, 6.07) is 7.88. The van der Waals surface area contributed by atoms with Gasteiger partial charge in [-0.15, -0.1) is 0 Å². The lowest BCUT2D eigenvalue weighted by atomic mass is 9.63. The predicted octanol–water partition coefficient (Wildman–Crippen LogP) is 4.87. The monoisotopic (exact) mass is 295 g/mol. The molecule has 0 amide bonds. The average Bonchev–Trinajstić information content (AvgIpc) is 2.54. The van der Waals surface area contributed by atoms with Crippen molar-refractivity contribution in [3.05, 3.63) is 41.0 Å². The van der Waals surface area contributed by atoms with Gasteiger partial charge in [0.1, 0.15) is 5.75 Å². The number of fused-ring (bicyclic) bond motifs is 3. The molecule has 2 bridgehead atoms. The van der Waals surface area contributed by atoms with E-state index in [1.54, 1.807) is 23.3 Å². The van der Waals surface area contributed by atoms with Gasteiger partial charge in [0.2, 0.25) is 0 Å². The van der Waals surface area contributed by atoms with E-state index >= 15 is 0 Å². The molecule has 1 N–H and O–H groups in total. The minimum absolute atomic E-state index is 0.323. The fourth-order valence-electron chi connectivity index (χ4n) is 4.82. The SMILES string of the molecule is Oc1ccc(C=N[C@@H]2[C@@H]3CCC[C@H]2C2=C(CCCC2)C3)cc1. The van der Waals surface area contributed by atoms with Crippen LogP contribution >= 0.6 is 0 Å². The molecule has 0 aliphatic heterocycles. The van der Waals surface area contributed by atoms with Crippen LogP contribution in [0.15, 0.2) is 40.4 Å². The molecule has 0 aromatic heterocycles. The number of benzene rings is 1. The molecular weight excluding hydrogens is 270 g/mol. The van der Waals surface area contributed by atoms with Gasteiger partial charge in [0, 0.05) is 12.1 Å². The van der Waals surface area contributed by atoms with Crippen LogP contribution in [0.25, 0.3) is 0 Å². The van der Waals surface area contributed by atoms with Crippen molar-refractivity contribution in [2.24, 2.45) is 16.8 Å². The van der Waals surface area contributed by atoms with E-state index in [0.717, 1.165) is 17.4 Å². The smallest absolute Gasteiger partial charge is 0.115 e. The number of hydrogen-bond acceptors (Lipinski definition) is 2. The van der Waals surface area contributed by atoms with Crippen LogP contribution in [-0.4, -0.2) is 17.4 Å². The van der Waals surface area contributed by atoms with Crippen molar-refractivity contribution in [1.29, 1.82) is 0 Å². The van der Waals surface area contributed by atoms with Gasteiger partial charge in [-0.25, -0.2) is 0 Å². The Morgan fingerprint density at radius 2 is 1.82 bits per heavy atom. The molecule has 22 heavy (non-hydrogen) atoms. The second-order valence-electron chi connectivity index (χ2n) is 7.20. The quantitative estimate of drug-likeness (QED) is 0.612. The van der Waals surface area contributed by atoms with Crippen LogP contribution in [0.2, 0.25) is 0 Å². The highest BCUT2D eigenvalue weighted by Gasteiger charge is 2.40. The summed E-state index contributed by atoms with van der Waals surface area (Å²) in [5.74, 6) is 1.81. The first-order valence-corrected chi connectivity index (χ1v) is 8.84. The molecule has 2 heteroatoms. The van der Waals surface area contributed by atoms with Crippen LogP contribution in [-0.2, 0) is 0 Å². The van der Waals surface area contributed by atoms with Gasteiger partial charge >= 0.3 is 0 Å². The fraction of sp³-hybridized carbons (Fsp3) is 0.550. The first-order chi connectivity index (χ1) is 10.8. The van der Waals surface area contributed by atoms with Crippen molar-refractivity contribution in [3.8, 4) is 5.75 Å². The van der Waals surface area contributed by atoms with E-state index in [1.807, 2.05) is 18.3 Å². The fourth-order valence-corrected chi connectivity index (χ4v) is 4.82. The summed E-state index contributed by atoms with van der Waals surface area (Å²) in [5.41, 5.74) is 4.69. The summed E-state index contributed by atoms with van der Waals surface area (Å²) in [6.45, 7) is 0. The number of aliphatic imine (C=N–C) groups is 1. The summed E-state index contributed by atoms with van der Waals surface area (Å²) in [7, 11) is 0. The Labute approximate surface area is 133 Å². The maximum absolute atomic E-state index is 9.38. The Morgan fingerprint density at radius 1 is 1.00 bits per heavy atom. The van der Waals surface area contributed by atoms with Gasteiger partial charge in [0.05, 0.1) is 6.04 Å². The number of rotatable bonds is 2. The molecule has 0 heterocycles. The van der Waals surface area contributed by atoms with Crippen molar-refractivity contribution in [2.45, 2.75) is 57.4 Å². The molecule has 0 radical (unpaired) electrons. The van der Waals surface area contributed by atoms with Gasteiger partial charge in [-0.05, 0) is 80.7 Å². The lowest BCUT2D eigenvalue weighted by molar-refractivity contribution is 0.215. The lowest BCUT2D eigenvalue weighted by Gasteiger charge is -2.44. The number of allylic oxidation sites excluding steroid dienone is 1. The largest absolute Gasteiger partial charge is 0.508 e. The lowest BCUT2D eigenvalue weighted by Crippen LogP contribution is -2.38. The van der Waals surface area contributed by atoms with Crippen LogP contribution in [0.3, 0.4) is 0 Å². The van der Waals surface area contributed by atoms with Crippen LogP contribution in [0.4, 0.5) is 0 Å². The molecule has 0 spiro atoms. The van der Waals surface area contributed by atoms with E-state index in [0.29, 0.717) is 11.8 Å². The van der Waals surface area contributed by atoms with Crippen molar-refractivity contribution < 1.29 is 5.11 Å². The number of hydrogen-bond donors (Lipinski definition) is 1. The maximum Gasteiger partial charge on any atom is 0.115 e. The molecule has 1 fully saturated rings. The Bertz CT molecular complexity index is 599. The van der Waals surface area contributed by atoms with Crippen molar-refractivity contribution in [2.75, 3.05) is 0 Å². The molecule has 1 aromatic rings. The first kappa shape index (κ1) is 14.0. The van der Waals surface area contributed by atoms with Gasteiger partial charge in [0.15, 0.2) is 0 Å². The number of aromatic hydroxyl groups is 1. The van der Waals surface area contributed by atoms with Crippen molar-refractivity contribution >= 4 is 6.21 Å². The van der Waals surface area contributed by atoms with Crippen LogP contribution in [0.5, 0.6) is 5.75 Å². The standard InChI is InChI=1S/C20H25NO/c22-17-10-8-14(9-11-17)13-21-20-16-5-3-7-19(20)18-6-2-1-4-15(18)12-16/h8-11,13,16,19-20,22H,1-7,12H2/t16-,19+,20-/m1/s1. The Balaban J connectivity index is 1.59. The van der Waals surface area contributed by atoms with E-state index in [4.69, 9.17) is 4.99 Å². The normalized spacial score (nSPS) is 31.4. The van der Waals surface area contributed by atoms with Crippen LogP contribution < -0.4 is 0 Å². The van der Waals surface area contributed by atoms with Gasteiger partial charge in [-0.1, -0.05) is 17.6 Å². The first-order valence-electron chi connectivity index (χ1n) is 8.84. The molecule has 116 valence electrons. The Kier molecular flexibility index (Phi) is 3.77. The zero-order valence-electron chi connectivity index (χ0n) is 13.2. The van der Waals surface area contributed by atoms with Crippen LogP contribution in [0, 0.1) is 11.8 Å². The molecular formula is C20H25NO. The van der Waals surface area contributed by atoms with E-state index in [1.165, 1.54) is 51.4 Å². The molecule has 3 aliphatic rings. The summed E-state index contributed by atoms with van der Waals surface area (Å²) in [4.78, 5) is 5.02. The summed E-state index contributed by atoms with van der Waals surface area (Å²) in [5, 5.41) is 9.38. The summed E-state index contributed by atoms with van der Waals surface area (Å²) < 4.78 is 0. The average molecular weight is 295 g/mol. The van der Waals surface area contributed by atoms with Crippen LogP contribution in [0.1, 0.15) is 56.9 Å². The second kappa shape index (κ2) is 5.91. The minimum Gasteiger partial charge on any atom is -0.508 e. The Morgan fingerprint density at radius 3 is 2.68 bits per heavy atom. The third-order valence-electron chi connectivity index (χ3n) is 5.86. The van der Waals surface area contributed by atoms with E-state index in [-0.39, 0.29) is 0 Å². The third kappa shape index (κ3) is 2.60. The molecule has 1 saturated carbocycles. The zero-order valence-corrected chi connectivity index (χ0v) is 13.2. The highest BCUT2D eigenvalue weighted by molar-refractivity contribution is 5.80. The summed E-state index contributed by atoms with van der Waals surface area (Å²) >= 11 is 0. The van der Waals surface area contributed by atoms with Gasteiger partial charge < -0.3 is 5.11 Å². The van der Waals surface area contributed by atoms with Crippen molar-refractivity contribution in [3.63, 3.8) is 0 Å². The molecule has 2 nitrogen and oxygen atoms in total. The third-order valence-corrected chi connectivity index (χ3v) is 5.86. The van der Waals surface area contributed by atoms with E-state index in [9.17, 15) is 5.11 Å². The van der Waals surface area contributed by atoms with Gasteiger partial charge in [-0.3, -0.25) is 4.99 Å².